The lowest BCUT2D eigenvalue weighted by Gasteiger charge is -2.26. The minimum atomic E-state index is -0.838. The second-order valence-corrected chi connectivity index (χ2v) is 8.24. The fraction of sp³-hybridized carbons (Fsp3) is 0.444. The molecule has 0 saturated carbocycles. The molecule has 0 fully saturated rings. The maximum absolute atomic E-state index is 12.0. The third-order valence-electron chi connectivity index (χ3n) is 3.17. The van der Waals surface area contributed by atoms with E-state index in [1.54, 1.807) is 46.8 Å². The average Bonchev–Trinajstić information content (AvgIpc) is 3.00. The number of amides is 1. The van der Waals surface area contributed by atoms with Crippen LogP contribution in [0.1, 0.15) is 51.9 Å². The molecular weight excluding hydrogens is 352 g/mol. The van der Waals surface area contributed by atoms with Gasteiger partial charge in [0.25, 0.3) is 0 Å². The second kappa shape index (κ2) is 7.79. The lowest BCUT2D eigenvalue weighted by atomic mass is 10.1. The van der Waals surface area contributed by atoms with E-state index >= 15 is 0 Å². The molecule has 2 aromatic rings. The number of alkyl carbamates (subject to hydrolysis) is 1. The van der Waals surface area contributed by atoms with Gasteiger partial charge in [0, 0.05) is 4.90 Å². The van der Waals surface area contributed by atoms with Gasteiger partial charge < -0.3 is 14.6 Å². The summed E-state index contributed by atoms with van der Waals surface area (Å²) in [6.07, 6.45) is -0.545. The summed E-state index contributed by atoms with van der Waals surface area (Å²) in [6, 6.07) is 9.40. The van der Waals surface area contributed by atoms with Gasteiger partial charge in [0.15, 0.2) is 5.82 Å². The van der Waals surface area contributed by atoms with Gasteiger partial charge in [0.2, 0.25) is 5.89 Å². The molecule has 0 spiro atoms. The summed E-state index contributed by atoms with van der Waals surface area (Å²) in [5.74, 6) is 1.26. The van der Waals surface area contributed by atoms with Crippen LogP contribution in [0.4, 0.5) is 4.79 Å². The van der Waals surface area contributed by atoms with E-state index in [1.165, 1.54) is 11.8 Å². The van der Waals surface area contributed by atoms with Crippen LogP contribution in [0.15, 0.2) is 33.7 Å². The van der Waals surface area contributed by atoms with Crippen LogP contribution in [-0.2, 0) is 16.0 Å². The molecule has 0 aliphatic heterocycles. The Kier molecular flexibility index (Phi) is 5.93. The van der Waals surface area contributed by atoms with Crippen LogP contribution in [0, 0.1) is 11.3 Å². The van der Waals surface area contributed by atoms with E-state index in [4.69, 9.17) is 14.5 Å². The van der Waals surface area contributed by atoms with Crippen molar-refractivity contribution in [3.8, 4) is 6.07 Å². The van der Waals surface area contributed by atoms with Gasteiger partial charge in [-0.15, -0.1) is 11.8 Å². The summed E-state index contributed by atoms with van der Waals surface area (Å²) in [6.45, 7) is 8.93. The Bertz CT molecular complexity index is 818. The van der Waals surface area contributed by atoms with Crippen molar-refractivity contribution in [2.45, 2.75) is 56.4 Å². The molecule has 0 atom stereocenters. The fourth-order valence-corrected chi connectivity index (χ4v) is 2.78. The van der Waals surface area contributed by atoms with Crippen molar-refractivity contribution >= 4 is 17.9 Å². The van der Waals surface area contributed by atoms with Gasteiger partial charge in [-0.05, 0) is 52.8 Å². The third kappa shape index (κ3) is 5.77. The molecule has 8 heteroatoms. The van der Waals surface area contributed by atoms with E-state index in [0.29, 0.717) is 23.0 Å². The zero-order valence-corrected chi connectivity index (χ0v) is 16.3. The topological polar surface area (TPSA) is 101 Å². The molecule has 0 unspecified atom stereocenters. The molecule has 0 saturated heterocycles. The summed E-state index contributed by atoms with van der Waals surface area (Å²) in [5.41, 5.74) is -0.823. The number of hydrogen-bond acceptors (Lipinski definition) is 7. The summed E-state index contributed by atoms with van der Waals surface area (Å²) in [5, 5.41) is 15.6. The van der Waals surface area contributed by atoms with Crippen LogP contribution in [0.25, 0.3) is 0 Å². The van der Waals surface area contributed by atoms with Gasteiger partial charge in [-0.25, -0.2) is 4.79 Å². The van der Waals surface area contributed by atoms with Crippen LogP contribution in [-0.4, -0.2) is 21.8 Å². The zero-order valence-electron chi connectivity index (χ0n) is 15.5. The Morgan fingerprint density at radius 1 is 1.35 bits per heavy atom. The molecule has 2 rings (SSSR count). The van der Waals surface area contributed by atoms with Crippen molar-refractivity contribution in [2.75, 3.05) is 0 Å². The van der Waals surface area contributed by atoms with Crippen molar-refractivity contribution in [2.24, 2.45) is 0 Å². The number of ether oxygens (including phenoxy) is 1. The Morgan fingerprint density at radius 2 is 2.08 bits per heavy atom. The molecule has 1 heterocycles. The molecule has 0 bridgehead atoms. The van der Waals surface area contributed by atoms with Crippen molar-refractivity contribution < 1.29 is 14.1 Å². The minimum absolute atomic E-state index is 0.365. The molecule has 26 heavy (non-hydrogen) atoms. The summed E-state index contributed by atoms with van der Waals surface area (Å²) < 4.78 is 10.5. The molecule has 1 aromatic heterocycles. The highest BCUT2D eigenvalue weighted by Gasteiger charge is 2.30. The molecule has 7 nitrogen and oxygen atoms in total. The maximum Gasteiger partial charge on any atom is 0.408 e. The van der Waals surface area contributed by atoms with Crippen LogP contribution in [0.3, 0.4) is 0 Å². The van der Waals surface area contributed by atoms with Crippen LogP contribution in [0.2, 0.25) is 0 Å². The Balaban J connectivity index is 1.99. The number of carbonyl (C=O) groups excluding carboxylic acids is 1. The number of nitriles is 1. The van der Waals surface area contributed by atoms with Gasteiger partial charge in [0.1, 0.15) is 11.1 Å². The van der Waals surface area contributed by atoms with Crippen molar-refractivity contribution in [3.63, 3.8) is 0 Å². The minimum Gasteiger partial charge on any atom is -0.444 e. The number of rotatable bonds is 5. The quantitative estimate of drug-likeness (QED) is 0.789. The van der Waals surface area contributed by atoms with Gasteiger partial charge in [-0.2, -0.15) is 10.2 Å². The van der Waals surface area contributed by atoms with Crippen LogP contribution in [0.5, 0.6) is 0 Å². The molecule has 0 radical (unpaired) electrons. The summed E-state index contributed by atoms with van der Waals surface area (Å²) in [7, 11) is 0. The van der Waals surface area contributed by atoms with Crippen LogP contribution < -0.4 is 5.32 Å². The number of carbonyl (C=O) groups is 1. The predicted molar refractivity (Wildman–Crippen MR) is 97.4 cm³/mol. The van der Waals surface area contributed by atoms with Crippen molar-refractivity contribution in [1.29, 1.82) is 5.26 Å². The van der Waals surface area contributed by atoms with E-state index in [1.807, 2.05) is 12.1 Å². The average molecular weight is 374 g/mol. The fourth-order valence-electron chi connectivity index (χ4n) is 1.98. The predicted octanol–water partition coefficient (Wildman–Crippen LogP) is 3.99. The SMILES string of the molecule is CC(C)(C)OC(=O)NC(C)(C)c1noc(CSc2cccc(C#N)c2)n1. The van der Waals surface area contributed by atoms with Gasteiger partial charge in [-0.1, -0.05) is 11.2 Å². The van der Waals surface area contributed by atoms with Crippen molar-refractivity contribution in [1.82, 2.24) is 15.5 Å². The molecular formula is C18H22N4O3S. The molecule has 1 amide bonds. The van der Waals surface area contributed by atoms with Gasteiger partial charge in [0.05, 0.1) is 17.4 Å². The number of hydrogen-bond donors (Lipinski definition) is 1. The normalized spacial score (nSPS) is 11.7. The first kappa shape index (κ1) is 19.8. The monoisotopic (exact) mass is 374 g/mol. The number of nitrogens with zero attached hydrogens (tertiary/aromatic N) is 3. The standard InChI is InChI=1S/C18H22N4O3S/c1-17(2,3)24-16(23)21-18(4,5)15-20-14(25-22-15)11-26-13-8-6-7-12(9-13)10-19/h6-9H,11H2,1-5H3,(H,21,23). The maximum atomic E-state index is 12.0. The molecule has 138 valence electrons. The first-order valence-electron chi connectivity index (χ1n) is 8.06. The molecule has 0 aliphatic carbocycles. The number of benzene rings is 1. The summed E-state index contributed by atoms with van der Waals surface area (Å²) >= 11 is 1.49. The highest BCUT2D eigenvalue weighted by atomic mass is 32.2. The van der Waals surface area contributed by atoms with Crippen LogP contribution >= 0.6 is 11.8 Å². The first-order valence-corrected chi connectivity index (χ1v) is 9.05. The Hall–Kier alpha value is -2.53. The Morgan fingerprint density at radius 3 is 2.73 bits per heavy atom. The van der Waals surface area contributed by atoms with E-state index in [9.17, 15) is 4.79 Å². The van der Waals surface area contributed by atoms with E-state index < -0.39 is 17.2 Å². The third-order valence-corrected chi connectivity index (χ3v) is 4.14. The lowest BCUT2D eigenvalue weighted by Crippen LogP contribution is -2.44. The Labute approximate surface area is 157 Å². The highest BCUT2D eigenvalue weighted by molar-refractivity contribution is 7.98. The smallest absolute Gasteiger partial charge is 0.408 e. The zero-order chi connectivity index (χ0) is 19.4. The van der Waals surface area contributed by atoms with Gasteiger partial charge in [-0.3, -0.25) is 0 Å². The number of thioether (sulfide) groups is 1. The number of nitrogens with one attached hydrogen (secondary N) is 1. The number of aromatic nitrogens is 2. The lowest BCUT2D eigenvalue weighted by molar-refractivity contribution is 0.0465. The van der Waals surface area contributed by atoms with Gasteiger partial charge >= 0.3 is 6.09 Å². The second-order valence-electron chi connectivity index (χ2n) is 7.19. The first-order chi connectivity index (χ1) is 12.1. The molecule has 1 N–H and O–H groups in total. The molecule has 1 aromatic carbocycles. The largest absolute Gasteiger partial charge is 0.444 e. The van der Waals surface area contributed by atoms with Crippen molar-refractivity contribution in [3.05, 3.63) is 41.5 Å². The van der Waals surface area contributed by atoms with E-state index in [2.05, 4.69) is 21.5 Å². The summed E-state index contributed by atoms with van der Waals surface area (Å²) in [4.78, 5) is 17.3. The molecule has 0 aliphatic rings. The van der Waals surface area contributed by atoms with E-state index in [-0.39, 0.29) is 0 Å². The van der Waals surface area contributed by atoms with E-state index in [0.717, 1.165) is 4.90 Å². The highest BCUT2D eigenvalue weighted by Crippen LogP contribution is 2.24.